The van der Waals surface area contributed by atoms with Gasteiger partial charge in [-0.05, 0) is 43.5 Å². The maximum absolute atomic E-state index is 15.3. The average Bonchev–Trinajstić information content (AvgIpc) is 3.02. The second-order valence-corrected chi connectivity index (χ2v) is 11.9. The quantitative estimate of drug-likeness (QED) is 0.286. The van der Waals surface area contributed by atoms with Crippen LogP contribution in [-0.4, -0.2) is 63.4 Å². The van der Waals surface area contributed by atoms with Crippen LogP contribution < -0.4 is 16.2 Å². The molecule has 4 heterocycles. The molecule has 2 N–H and O–H groups in total. The van der Waals surface area contributed by atoms with Gasteiger partial charge in [0, 0.05) is 37.3 Å². The molecular weight excluding hydrogens is 626 g/mol. The standard InChI is InChI=1S/C32H30ClF4N7O2/c1-6-20(45)43-10-9-42(13-16(43)5)30-17-11-19(33)28(21-22(34)23(35)24(36)25(37)26(21)39)41-31(17)44(32(46)18(30)12-38)29-15(4)7-8-40-27(29)14(2)3/h6-8,11,14,16,24-25H,1,9-10,13,39H2,2-5H3/t16-,24?,25?/m1/s1. The lowest BCUT2D eigenvalue weighted by Gasteiger charge is -2.41. The van der Waals surface area contributed by atoms with Crippen LogP contribution in [0.4, 0.5) is 23.2 Å². The van der Waals surface area contributed by atoms with Crippen molar-refractivity contribution in [2.75, 3.05) is 24.5 Å². The van der Waals surface area contributed by atoms with Crippen LogP contribution in [-0.2, 0) is 4.79 Å². The van der Waals surface area contributed by atoms with Gasteiger partial charge in [-0.1, -0.05) is 32.0 Å². The molecule has 0 aromatic carbocycles. The van der Waals surface area contributed by atoms with Crippen LogP contribution in [0.1, 0.15) is 49.2 Å². The number of allylic oxidation sites excluding steroid dienone is 4. The number of amides is 1. The first kappa shape index (κ1) is 32.7. The summed E-state index contributed by atoms with van der Waals surface area (Å²) in [6.07, 6.45) is -2.91. The van der Waals surface area contributed by atoms with Gasteiger partial charge < -0.3 is 15.5 Å². The van der Waals surface area contributed by atoms with Crippen molar-refractivity contribution in [1.29, 1.82) is 5.26 Å². The van der Waals surface area contributed by atoms with E-state index in [4.69, 9.17) is 17.3 Å². The number of carbonyl (C=O) groups is 1. The van der Waals surface area contributed by atoms with Gasteiger partial charge in [0.15, 0.2) is 24.0 Å². The zero-order valence-electron chi connectivity index (χ0n) is 25.4. The molecule has 0 saturated carbocycles. The summed E-state index contributed by atoms with van der Waals surface area (Å²) in [5.74, 6) is -4.27. The highest BCUT2D eigenvalue weighted by molar-refractivity contribution is 6.33. The molecule has 46 heavy (non-hydrogen) atoms. The van der Waals surface area contributed by atoms with Gasteiger partial charge in [-0.25, -0.2) is 22.5 Å². The highest BCUT2D eigenvalue weighted by Crippen LogP contribution is 2.43. The number of hydrogen-bond acceptors (Lipinski definition) is 7. The summed E-state index contributed by atoms with van der Waals surface area (Å²) in [7, 11) is 0. The predicted octanol–water partition coefficient (Wildman–Crippen LogP) is 5.47. The largest absolute Gasteiger partial charge is 0.399 e. The maximum atomic E-state index is 15.3. The number of anilines is 1. The van der Waals surface area contributed by atoms with Crippen molar-refractivity contribution in [3.05, 3.63) is 86.2 Å². The first-order chi connectivity index (χ1) is 21.7. The molecule has 9 nitrogen and oxygen atoms in total. The fourth-order valence-electron chi connectivity index (χ4n) is 6.00. The van der Waals surface area contributed by atoms with Crippen LogP contribution in [0.2, 0.25) is 5.02 Å². The molecule has 1 aliphatic carbocycles. The van der Waals surface area contributed by atoms with Gasteiger partial charge in [-0.3, -0.25) is 19.1 Å². The number of nitrogens with two attached hydrogens (primary N) is 1. The summed E-state index contributed by atoms with van der Waals surface area (Å²) >= 11 is 6.62. The Hall–Kier alpha value is -4.70. The number of halogens is 5. The third kappa shape index (κ3) is 5.10. The smallest absolute Gasteiger partial charge is 0.276 e. The number of pyridine rings is 3. The number of alkyl halides is 2. The van der Waals surface area contributed by atoms with Crippen LogP contribution in [0.25, 0.3) is 22.3 Å². The normalized spacial score (nSPS) is 20.5. The summed E-state index contributed by atoms with van der Waals surface area (Å²) in [5.41, 5.74) is 3.74. The first-order valence-electron chi connectivity index (χ1n) is 14.4. The van der Waals surface area contributed by atoms with Gasteiger partial charge in [0.2, 0.25) is 5.91 Å². The molecule has 0 spiro atoms. The van der Waals surface area contributed by atoms with E-state index in [1.54, 1.807) is 35.9 Å². The fraction of sp³-hybridized carbons (Fsp3) is 0.344. The Morgan fingerprint density at radius 2 is 1.93 bits per heavy atom. The van der Waals surface area contributed by atoms with E-state index in [1.165, 1.54) is 12.1 Å². The minimum atomic E-state index is -2.95. The molecule has 3 aromatic rings. The van der Waals surface area contributed by atoms with Crippen molar-refractivity contribution in [3.63, 3.8) is 0 Å². The van der Waals surface area contributed by atoms with E-state index in [0.29, 0.717) is 16.9 Å². The SMILES string of the molecule is C=CC(=O)N1CCN(c2c(C#N)c(=O)n(-c3c(C)ccnc3C(C)C)c3nc(C4=C(N)C(F)C(F)C(F)=C4F)c(Cl)cc23)C[C@H]1C. The molecule has 3 atom stereocenters. The topological polar surface area (TPSA) is 121 Å². The van der Waals surface area contributed by atoms with E-state index in [2.05, 4.69) is 16.5 Å². The Morgan fingerprint density at radius 3 is 2.54 bits per heavy atom. The second kappa shape index (κ2) is 12.2. The van der Waals surface area contributed by atoms with Crippen LogP contribution in [0, 0.1) is 18.3 Å². The van der Waals surface area contributed by atoms with Crippen molar-refractivity contribution in [2.45, 2.75) is 52.0 Å². The van der Waals surface area contributed by atoms with Crippen molar-refractivity contribution in [2.24, 2.45) is 5.73 Å². The molecule has 5 rings (SSSR count). The molecule has 0 radical (unpaired) electrons. The lowest BCUT2D eigenvalue weighted by molar-refractivity contribution is -0.128. The minimum Gasteiger partial charge on any atom is -0.399 e. The molecule has 0 bridgehead atoms. The Labute approximate surface area is 266 Å². The molecular formula is C32H30ClF4N7O2. The van der Waals surface area contributed by atoms with Gasteiger partial charge in [0.1, 0.15) is 17.3 Å². The summed E-state index contributed by atoms with van der Waals surface area (Å²) in [6, 6.07) is 4.62. The number of rotatable bonds is 5. The molecule has 1 aliphatic heterocycles. The molecule has 14 heteroatoms. The van der Waals surface area contributed by atoms with E-state index >= 15 is 4.39 Å². The average molecular weight is 656 g/mol. The Balaban J connectivity index is 1.91. The van der Waals surface area contributed by atoms with Crippen LogP contribution in [0.15, 0.2) is 53.1 Å². The second-order valence-electron chi connectivity index (χ2n) is 11.5. The zero-order chi connectivity index (χ0) is 33.8. The molecule has 1 saturated heterocycles. The molecule has 1 amide bonds. The Bertz CT molecular complexity index is 1970. The van der Waals surface area contributed by atoms with Gasteiger partial charge in [-0.2, -0.15) is 5.26 Å². The number of piperazine rings is 1. The molecule has 240 valence electrons. The Kier molecular flexibility index (Phi) is 8.70. The fourth-order valence-corrected chi connectivity index (χ4v) is 6.25. The lowest BCUT2D eigenvalue weighted by atomic mass is 9.95. The summed E-state index contributed by atoms with van der Waals surface area (Å²) in [6.45, 7) is 11.4. The summed E-state index contributed by atoms with van der Waals surface area (Å²) in [4.78, 5) is 39.1. The van der Waals surface area contributed by atoms with Crippen molar-refractivity contribution in [1.82, 2.24) is 19.4 Å². The van der Waals surface area contributed by atoms with Gasteiger partial charge >= 0.3 is 0 Å². The third-order valence-electron chi connectivity index (χ3n) is 8.27. The van der Waals surface area contributed by atoms with E-state index in [-0.39, 0.29) is 64.8 Å². The number of hydrogen-bond donors (Lipinski definition) is 1. The molecule has 2 aliphatic rings. The number of aryl methyl sites for hydroxylation is 1. The number of fused-ring (bicyclic) bond motifs is 1. The van der Waals surface area contributed by atoms with Crippen molar-refractivity contribution in [3.8, 4) is 11.8 Å². The zero-order valence-corrected chi connectivity index (χ0v) is 26.2. The van der Waals surface area contributed by atoms with Crippen molar-refractivity contribution < 1.29 is 22.4 Å². The number of carbonyl (C=O) groups excluding carboxylic acids is 1. The lowest BCUT2D eigenvalue weighted by Crippen LogP contribution is -2.54. The van der Waals surface area contributed by atoms with E-state index in [1.807, 2.05) is 19.9 Å². The van der Waals surface area contributed by atoms with Crippen LogP contribution >= 0.6 is 11.6 Å². The molecule has 3 aromatic heterocycles. The summed E-state index contributed by atoms with van der Waals surface area (Å²) in [5, 5.41) is 10.3. The predicted molar refractivity (Wildman–Crippen MR) is 167 cm³/mol. The maximum Gasteiger partial charge on any atom is 0.276 e. The number of nitriles is 1. The Morgan fingerprint density at radius 1 is 1.24 bits per heavy atom. The van der Waals surface area contributed by atoms with Crippen LogP contribution in [0.3, 0.4) is 0 Å². The van der Waals surface area contributed by atoms with Crippen molar-refractivity contribution >= 4 is 39.8 Å². The number of nitrogens with zero attached hydrogens (tertiary/aromatic N) is 6. The highest BCUT2D eigenvalue weighted by Gasteiger charge is 2.40. The monoisotopic (exact) mass is 655 g/mol. The highest BCUT2D eigenvalue weighted by atomic mass is 35.5. The third-order valence-corrected chi connectivity index (χ3v) is 8.55. The van der Waals surface area contributed by atoms with E-state index < -0.39 is 46.5 Å². The van der Waals surface area contributed by atoms with E-state index in [9.17, 15) is 28.0 Å². The van der Waals surface area contributed by atoms with Gasteiger partial charge in [0.25, 0.3) is 5.56 Å². The first-order valence-corrected chi connectivity index (χ1v) is 14.8. The van der Waals surface area contributed by atoms with Gasteiger partial charge in [0.05, 0.1) is 39.1 Å². The van der Waals surface area contributed by atoms with Gasteiger partial charge in [-0.15, -0.1) is 0 Å². The summed E-state index contributed by atoms with van der Waals surface area (Å²) < 4.78 is 59.8. The number of aromatic nitrogens is 3. The van der Waals surface area contributed by atoms with E-state index in [0.717, 1.165) is 4.57 Å². The molecule has 1 fully saturated rings. The van der Waals surface area contributed by atoms with Crippen LogP contribution in [0.5, 0.6) is 0 Å². The minimum absolute atomic E-state index is 0.139. The molecule has 2 unspecified atom stereocenters.